The normalized spacial score (nSPS) is 22.5. The third-order valence-electron chi connectivity index (χ3n) is 4.26. The number of halogens is 1. The van der Waals surface area contributed by atoms with Crippen molar-refractivity contribution >= 4 is 21.7 Å². The van der Waals surface area contributed by atoms with Crippen LogP contribution in [0.4, 0.5) is 0 Å². The smallest absolute Gasteiger partial charge is 0.333 e. The van der Waals surface area contributed by atoms with Crippen LogP contribution in [0.1, 0.15) is 23.0 Å². The van der Waals surface area contributed by atoms with E-state index in [2.05, 4.69) is 15.9 Å². The average molecular weight is 425 g/mol. The van der Waals surface area contributed by atoms with Gasteiger partial charge in [-0.05, 0) is 12.1 Å². The van der Waals surface area contributed by atoms with Crippen molar-refractivity contribution in [2.75, 3.05) is 6.61 Å². The molecule has 1 aliphatic heterocycles. The molecule has 0 bridgehead atoms. The van der Waals surface area contributed by atoms with Gasteiger partial charge >= 0.3 is 5.69 Å². The van der Waals surface area contributed by atoms with Crippen LogP contribution in [0, 0.1) is 0 Å². The predicted molar refractivity (Wildman–Crippen MR) is 95.1 cm³/mol. The van der Waals surface area contributed by atoms with E-state index in [0.29, 0.717) is 5.56 Å². The van der Waals surface area contributed by atoms with Gasteiger partial charge in [0.1, 0.15) is 12.3 Å². The Morgan fingerprint density at radius 2 is 1.92 bits per heavy atom. The summed E-state index contributed by atoms with van der Waals surface area (Å²) in [5.74, 6) is -0.380. The van der Waals surface area contributed by atoms with Gasteiger partial charge in [0, 0.05) is 28.7 Å². The van der Waals surface area contributed by atoms with E-state index in [1.54, 1.807) is 24.3 Å². The van der Waals surface area contributed by atoms with Crippen molar-refractivity contribution < 1.29 is 19.7 Å². The minimum absolute atomic E-state index is 0.101. The highest BCUT2D eigenvalue weighted by Crippen LogP contribution is 2.27. The molecule has 1 fully saturated rings. The summed E-state index contributed by atoms with van der Waals surface area (Å²) in [6, 6.07) is 7.75. The molecule has 2 heterocycles. The fourth-order valence-electron chi connectivity index (χ4n) is 2.82. The Morgan fingerprint density at radius 3 is 2.54 bits per heavy atom. The summed E-state index contributed by atoms with van der Waals surface area (Å²) in [6.45, 7) is -0.785. The number of hydrogen-bond acceptors (Lipinski definition) is 6. The van der Waals surface area contributed by atoms with Gasteiger partial charge in [-0.1, -0.05) is 28.1 Å². The largest absolute Gasteiger partial charge is 0.394 e. The number of nitrogens with zero attached hydrogens (tertiary/aromatic N) is 2. The van der Waals surface area contributed by atoms with E-state index < -0.39 is 36.2 Å². The molecule has 0 saturated carbocycles. The van der Waals surface area contributed by atoms with Crippen molar-refractivity contribution in [3.8, 4) is 0 Å². The van der Waals surface area contributed by atoms with E-state index in [1.807, 2.05) is 0 Å². The molecule has 1 saturated heterocycles. The molecular formula is C17H17BrN2O6. The first kappa shape index (κ1) is 18.7. The lowest BCUT2D eigenvalue weighted by atomic mass is 10.1. The standard InChI is InChI=1S/C17H17BrN2O6/c18-11-3-1-10(2-4-11)13(23)8-20-15(24)5-6-19(17(20)25)16-7-12(22)14(9-21)26-16/h1-6,12,14,16,21-22H,7-9H2/t12-,14+,16+/m0/s1. The second kappa shape index (κ2) is 7.67. The van der Waals surface area contributed by atoms with Crippen molar-refractivity contribution in [3.63, 3.8) is 0 Å². The first-order chi connectivity index (χ1) is 12.4. The SMILES string of the molecule is O=C(Cn1c(=O)ccn([C@H]2C[C@H](O)[C@@H](CO)O2)c1=O)c1ccc(Br)cc1. The number of benzene rings is 1. The van der Waals surface area contributed by atoms with Crippen molar-refractivity contribution in [2.45, 2.75) is 31.4 Å². The van der Waals surface area contributed by atoms with Gasteiger partial charge < -0.3 is 14.9 Å². The molecule has 2 N–H and O–H groups in total. The van der Waals surface area contributed by atoms with E-state index in [4.69, 9.17) is 9.84 Å². The lowest BCUT2D eigenvalue weighted by molar-refractivity contribution is -0.0463. The zero-order valence-corrected chi connectivity index (χ0v) is 15.2. The van der Waals surface area contributed by atoms with Crippen molar-refractivity contribution in [2.24, 2.45) is 0 Å². The second-order valence-corrected chi connectivity index (χ2v) is 6.89. The van der Waals surface area contributed by atoms with E-state index in [-0.39, 0.29) is 18.8 Å². The van der Waals surface area contributed by atoms with Crippen LogP contribution in [0.25, 0.3) is 0 Å². The molecule has 1 aromatic heterocycles. The molecule has 8 nitrogen and oxygen atoms in total. The highest BCUT2D eigenvalue weighted by Gasteiger charge is 2.35. The van der Waals surface area contributed by atoms with Crippen LogP contribution in [0.15, 0.2) is 50.6 Å². The summed E-state index contributed by atoms with van der Waals surface area (Å²) in [5, 5.41) is 19.0. The van der Waals surface area contributed by atoms with Gasteiger partial charge in [0.15, 0.2) is 5.78 Å². The van der Waals surface area contributed by atoms with Crippen molar-refractivity contribution in [3.05, 3.63) is 67.4 Å². The number of rotatable bonds is 5. The monoisotopic (exact) mass is 424 g/mol. The van der Waals surface area contributed by atoms with E-state index in [9.17, 15) is 19.5 Å². The van der Waals surface area contributed by atoms with Gasteiger partial charge in [0.05, 0.1) is 19.3 Å². The lowest BCUT2D eigenvalue weighted by Crippen LogP contribution is -2.42. The molecule has 0 radical (unpaired) electrons. The number of hydrogen-bond donors (Lipinski definition) is 2. The Bertz CT molecular complexity index is 920. The van der Waals surface area contributed by atoms with Crippen molar-refractivity contribution in [1.29, 1.82) is 0 Å². The van der Waals surface area contributed by atoms with Crippen LogP contribution in [0.2, 0.25) is 0 Å². The zero-order valence-electron chi connectivity index (χ0n) is 13.6. The molecule has 26 heavy (non-hydrogen) atoms. The number of Topliss-reactive ketones (excluding diaryl/α,β-unsaturated/α-hetero) is 1. The Morgan fingerprint density at radius 1 is 1.23 bits per heavy atom. The third kappa shape index (κ3) is 3.70. The molecule has 1 aliphatic rings. The van der Waals surface area contributed by atoms with E-state index >= 15 is 0 Å². The number of carbonyl (C=O) groups excluding carboxylic acids is 1. The van der Waals surface area contributed by atoms with Crippen LogP contribution < -0.4 is 11.2 Å². The summed E-state index contributed by atoms with van der Waals surface area (Å²) in [4.78, 5) is 37.1. The Balaban J connectivity index is 1.89. The predicted octanol–water partition coefficient (Wildman–Crippen LogP) is 0.296. The van der Waals surface area contributed by atoms with Gasteiger partial charge in [-0.15, -0.1) is 0 Å². The summed E-state index contributed by atoms with van der Waals surface area (Å²) in [6.07, 6.45) is -1.16. The maximum absolute atomic E-state index is 12.6. The minimum Gasteiger partial charge on any atom is -0.394 e. The molecular weight excluding hydrogens is 408 g/mol. The Hall–Kier alpha value is -2.07. The number of aromatic nitrogens is 2. The summed E-state index contributed by atoms with van der Waals surface area (Å²) in [5.41, 5.74) is -0.935. The quantitative estimate of drug-likeness (QED) is 0.667. The number of ether oxygens (including phenoxy) is 1. The molecule has 2 aromatic rings. The molecule has 1 aromatic carbocycles. The Labute approximate surface area is 156 Å². The average Bonchev–Trinajstić information content (AvgIpc) is 2.99. The second-order valence-electron chi connectivity index (χ2n) is 5.97. The highest BCUT2D eigenvalue weighted by atomic mass is 79.9. The van der Waals surface area contributed by atoms with Gasteiger partial charge in [0.25, 0.3) is 5.56 Å². The topological polar surface area (TPSA) is 111 Å². The molecule has 9 heteroatoms. The van der Waals surface area contributed by atoms with E-state index in [1.165, 1.54) is 6.20 Å². The first-order valence-electron chi connectivity index (χ1n) is 7.96. The van der Waals surface area contributed by atoms with Crippen LogP contribution >= 0.6 is 15.9 Å². The molecule has 3 atom stereocenters. The van der Waals surface area contributed by atoms with Crippen LogP contribution in [0.5, 0.6) is 0 Å². The summed E-state index contributed by atoms with van der Waals surface area (Å²) < 4.78 is 8.23. The fraction of sp³-hybridized carbons (Fsp3) is 0.353. The van der Waals surface area contributed by atoms with Gasteiger partial charge in [0.2, 0.25) is 0 Å². The molecule has 0 amide bonds. The van der Waals surface area contributed by atoms with Crippen LogP contribution in [-0.4, -0.2) is 43.9 Å². The maximum Gasteiger partial charge on any atom is 0.333 e. The minimum atomic E-state index is -0.915. The van der Waals surface area contributed by atoms with Crippen molar-refractivity contribution in [1.82, 2.24) is 9.13 Å². The van der Waals surface area contributed by atoms with Crippen LogP contribution in [0.3, 0.4) is 0 Å². The van der Waals surface area contributed by atoms with Crippen LogP contribution in [-0.2, 0) is 11.3 Å². The van der Waals surface area contributed by atoms with Gasteiger partial charge in [-0.3, -0.25) is 18.7 Å². The molecule has 0 spiro atoms. The number of carbonyl (C=O) groups is 1. The third-order valence-corrected chi connectivity index (χ3v) is 4.79. The summed E-state index contributed by atoms with van der Waals surface area (Å²) >= 11 is 3.28. The highest BCUT2D eigenvalue weighted by molar-refractivity contribution is 9.10. The molecule has 0 unspecified atom stereocenters. The number of aliphatic hydroxyl groups excluding tert-OH is 2. The maximum atomic E-state index is 12.6. The molecule has 138 valence electrons. The first-order valence-corrected chi connectivity index (χ1v) is 8.75. The Kier molecular flexibility index (Phi) is 5.52. The van der Waals surface area contributed by atoms with Gasteiger partial charge in [-0.2, -0.15) is 0 Å². The van der Waals surface area contributed by atoms with E-state index in [0.717, 1.165) is 19.7 Å². The zero-order chi connectivity index (χ0) is 18.8. The lowest BCUT2D eigenvalue weighted by Gasteiger charge is -2.16. The molecule has 3 rings (SSSR count). The number of aliphatic hydroxyl groups is 2. The van der Waals surface area contributed by atoms with Gasteiger partial charge in [-0.25, -0.2) is 4.79 Å². The summed E-state index contributed by atoms with van der Waals surface area (Å²) in [7, 11) is 0. The fourth-order valence-corrected chi connectivity index (χ4v) is 3.08. The molecule has 0 aliphatic carbocycles. The number of ketones is 1.